The summed E-state index contributed by atoms with van der Waals surface area (Å²) in [6.07, 6.45) is 0. The number of benzene rings is 3. The molecule has 0 spiro atoms. The second-order valence-electron chi connectivity index (χ2n) is 5.04. The lowest BCUT2D eigenvalue weighted by atomic mass is 10.1. The van der Waals surface area contributed by atoms with Crippen molar-refractivity contribution in [3.05, 3.63) is 91.0 Å². The van der Waals surface area contributed by atoms with Gasteiger partial charge in [0.2, 0.25) is 0 Å². The van der Waals surface area contributed by atoms with Crippen molar-refractivity contribution in [2.75, 3.05) is 0 Å². The molecule has 1 heterocycles. The van der Waals surface area contributed by atoms with Crippen LogP contribution in [0.15, 0.2) is 84.9 Å². The summed E-state index contributed by atoms with van der Waals surface area (Å²) in [6, 6.07) is 32.6. The Morgan fingerprint density at radius 1 is 0.714 bits per heavy atom. The van der Waals surface area contributed by atoms with Gasteiger partial charge in [-0.3, -0.25) is 0 Å². The van der Waals surface area contributed by atoms with Gasteiger partial charge in [0.25, 0.3) is 0 Å². The molecule has 1 aromatic heterocycles. The summed E-state index contributed by atoms with van der Waals surface area (Å²) in [5.74, 6) is 0. The van der Waals surface area contributed by atoms with Gasteiger partial charge >= 0.3 is 0 Å². The van der Waals surface area contributed by atoms with Crippen LogP contribution in [-0.2, 0) is 0 Å². The molecule has 0 fully saturated rings. The Morgan fingerprint density at radius 2 is 1.48 bits per heavy atom. The quantitative estimate of drug-likeness (QED) is 0.477. The number of para-hydroxylation sites is 2. The summed E-state index contributed by atoms with van der Waals surface area (Å²) < 4.78 is 2.29. The molecule has 3 aromatic carbocycles. The second-order valence-corrected chi connectivity index (χ2v) is 5.04. The van der Waals surface area contributed by atoms with E-state index in [0.29, 0.717) is 0 Å². The fraction of sp³-hybridized carbons (Fsp3) is 0. The van der Waals surface area contributed by atoms with Gasteiger partial charge < -0.3 is 4.57 Å². The molecule has 99 valence electrons. The molecule has 4 rings (SSSR count). The highest BCUT2D eigenvalue weighted by atomic mass is 15.0. The maximum Gasteiger partial charge on any atom is 0.0547 e. The van der Waals surface area contributed by atoms with Crippen LogP contribution in [0.1, 0.15) is 0 Å². The second kappa shape index (κ2) is 4.95. The van der Waals surface area contributed by atoms with E-state index in [2.05, 4.69) is 77.4 Å². The first-order valence-corrected chi connectivity index (χ1v) is 7.06. The molecule has 0 bridgehead atoms. The van der Waals surface area contributed by atoms with Crippen molar-refractivity contribution >= 4 is 10.9 Å². The van der Waals surface area contributed by atoms with Crippen LogP contribution < -0.4 is 0 Å². The van der Waals surface area contributed by atoms with E-state index in [1.165, 1.54) is 22.3 Å². The molecule has 0 aliphatic carbocycles. The largest absolute Gasteiger partial charge is 0.309 e. The Bertz CT molecular complexity index is 874. The van der Waals surface area contributed by atoms with Crippen molar-refractivity contribution in [2.45, 2.75) is 0 Å². The minimum absolute atomic E-state index is 1.11. The van der Waals surface area contributed by atoms with Gasteiger partial charge in [0, 0.05) is 16.6 Å². The Labute approximate surface area is 124 Å². The molecule has 0 saturated heterocycles. The van der Waals surface area contributed by atoms with Gasteiger partial charge in [-0.2, -0.15) is 0 Å². The van der Waals surface area contributed by atoms with Gasteiger partial charge in [0.1, 0.15) is 0 Å². The van der Waals surface area contributed by atoms with E-state index in [4.69, 9.17) is 0 Å². The molecule has 0 atom stereocenters. The standard InChI is InChI=1S/C20H14N/c1-3-9-16(10-4-1)20-15-17-11-7-8-14-19(17)21(20)18-12-5-2-6-13-18/h1-9,11-15H. The molecule has 0 unspecified atom stereocenters. The molecule has 0 aliphatic rings. The van der Waals surface area contributed by atoms with E-state index in [-0.39, 0.29) is 0 Å². The lowest BCUT2D eigenvalue weighted by molar-refractivity contribution is 1.13. The average molecular weight is 268 g/mol. The van der Waals surface area contributed by atoms with Crippen molar-refractivity contribution in [2.24, 2.45) is 0 Å². The van der Waals surface area contributed by atoms with Crippen molar-refractivity contribution < 1.29 is 0 Å². The van der Waals surface area contributed by atoms with Crippen LogP contribution in [-0.4, -0.2) is 4.57 Å². The van der Waals surface area contributed by atoms with Crippen LogP contribution in [0.3, 0.4) is 0 Å². The molecule has 1 radical (unpaired) electrons. The maximum absolute atomic E-state index is 3.33. The third-order valence-corrected chi connectivity index (χ3v) is 3.71. The molecular weight excluding hydrogens is 254 g/mol. The first kappa shape index (κ1) is 12.0. The topological polar surface area (TPSA) is 4.93 Å². The zero-order valence-corrected chi connectivity index (χ0v) is 11.5. The van der Waals surface area contributed by atoms with Gasteiger partial charge in [-0.25, -0.2) is 0 Å². The lowest BCUT2D eigenvalue weighted by Gasteiger charge is -2.10. The normalized spacial score (nSPS) is 10.9. The van der Waals surface area contributed by atoms with E-state index in [1.807, 2.05) is 18.2 Å². The smallest absolute Gasteiger partial charge is 0.0547 e. The number of hydrogen-bond donors (Lipinski definition) is 0. The van der Waals surface area contributed by atoms with E-state index in [9.17, 15) is 0 Å². The van der Waals surface area contributed by atoms with Crippen LogP contribution in [0.4, 0.5) is 0 Å². The number of hydrogen-bond acceptors (Lipinski definition) is 0. The Balaban J connectivity index is 2.07. The van der Waals surface area contributed by atoms with Crippen LogP contribution in [0.5, 0.6) is 0 Å². The third-order valence-electron chi connectivity index (χ3n) is 3.71. The van der Waals surface area contributed by atoms with Crippen molar-refractivity contribution in [1.82, 2.24) is 4.57 Å². The minimum atomic E-state index is 1.11. The number of fused-ring (bicyclic) bond motifs is 1. The Hall–Kier alpha value is -2.80. The maximum atomic E-state index is 3.33. The zero-order chi connectivity index (χ0) is 14.1. The highest BCUT2D eigenvalue weighted by Crippen LogP contribution is 2.30. The Kier molecular flexibility index (Phi) is 2.82. The van der Waals surface area contributed by atoms with Gasteiger partial charge in [-0.05, 0) is 30.3 Å². The predicted molar refractivity (Wildman–Crippen MR) is 87.5 cm³/mol. The zero-order valence-electron chi connectivity index (χ0n) is 11.5. The van der Waals surface area contributed by atoms with Crippen molar-refractivity contribution in [1.29, 1.82) is 0 Å². The van der Waals surface area contributed by atoms with Gasteiger partial charge in [-0.15, -0.1) is 0 Å². The van der Waals surface area contributed by atoms with Crippen LogP contribution >= 0.6 is 0 Å². The summed E-state index contributed by atoms with van der Waals surface area (Å²) in [6.45, 7) is 0. The summed E-state index contributed by atoms with van der Waals surface area (Å²) in [7, 11) is 0. The molecular formula is C20H14N. The van der Waals surface area contributed by atoms with E-state index < -0.39 is 0 Å². The van der Waals surface area contributed by atoms with Gasteiger partial charge in [0.15, 0.2) is 0 Å². The SMILES string of the molecule is [c]1ccccc1-c1cc2ccccc2n1-c1ccccc1. The summed E-state index contributed by atoms with van der Waals surface area (Å²) in [5, 5.41) is 1.24. The van der Waals surface area contributed by atoms with Gasteiger partial charge in [-0.1, -0.05) is 60.7 Å². The van der Waals surface area contributed by atoms with E-state index in [1.54, 1.807) is 0 Å². The number of rotatable bonds is 2. The monoisotopic (exact) mass is 268 g/mol. The van der Waals surface area contributed by atoms with E-state index >= 15 is 0 Å². The summed E-state index contributed by atoms with van der Waals surface area (Å²) in [5.41, 5.74) is 4.67. The summed E-state index contributed by atoms with van der Waals surface area (Å²) >= 11 is 0. The van der Waals surface area contributed by atoms with Crippen LogP contribution in [0, 0.1) is 6.07 Å². The summed E-state index contributed by atoms with van der Waals surface area (Å²) in [4.78, 5) is 0. The third kappa shape index (κ3) is 2.03. The van der Waals surface area contributed by atoms with Gasteiger partial charge in [0.05, 0.1) is 11.2 Å². The number of aromatic nitrogens is 1. The average Bonchev–Trinajstić information content (AvgIpc) is 2.96. The van der Waals surface area contributed by atoms with Crippen molar-refractivity contribution in [3.63, 3.8) is 0 Å². The highest BCUT2D eigenvalue weighted by molar-refractivity contribution is 5.89. The Morgan fingerprint density at radius 3 is 2.29 bits per heavy atom. The molecule has 0 N–H and O–H groups in total. The first-order valence-electron chi connectivity index (χ1n) is 7.06. The molecule has 4 aromatic rings. The fourth-order valence-corrected chi connectivity index (χ4v) is 2.76. The van der Waals surface area contributed by atoms with Crippen LogP contribution in [0.2, 0.25) is 0 Å². The molecule has 1 heteroatoms. The first-order chi connectivity index (χ1) is 10.4. The lowest BCUT2D eigenvalue weighted by Crippen LogP contribution is -1.96. The van der Waals surface area contributed by atoms with Crippen molar-refractivity contribution in [3.8, 4) is 16.9 Å². The molecule has 0 amide bonds. The molecule has 21 heavy (non-hydrogen) atoms. The fourth-order valence-electron chi connectivity index (χ4n) is 2.76. The predicted octanol–water partition coefficient (Wildman–Crippen LogP) is 5.10. The molecule has 0 saturated carbocycles. The number of nitrogens with zero attached hydrogens (tertiary/aromatic N) is 1. The molecule has 1 nitrogen and oxygen atoms in total. The van der Waals surface area contributed by atoms with Crippen LogP contribution in [0.25, 0.3) is 27.8 Å². The highest BCUT2D eigenvalue weighted by Gasteiger charge is 2.11. The molecule has 0 aliphatic heterocycles. The minimum Gasteiger partial charge on any atom is -0.309 e. The van der Waals surface area contributed by atoms with E-state index in [0.717, 1.165) is 5.56 Å².